The average molecular weight is 298 g/mol. The molecule has 20 heavy (non-hydrogen) atoms. The van der Waals surface area contributed by atoms with Gasteiger partial charge in [-0.2, -0.15) is 0 Å². The van der Waals surface area contributed by atoms with E-state index in [2.05, 4.69) is 5.32 Å². The van der Waals surface area contributed by atoms with Crippen LogP contribution in [0.3, 0.4) is 0 Å². The highest BCUT2D eigenvalue weighted by Crippen LogP contribution is 2.15. The van der Waals surface area contributed by atoms with Crippen LogP contribution >= 0.6 is 11.6 Å². The normalized spacial score (nSPS) is 10.9. The Labute approximate surface area is 122 Å². The number of rotatable bonds is 8. The van der Waals surface area contributed by atoms with Crippen LogP contribution < -0.4 is 5.32 Å². The summed E-state index contributed by atoms with van der Waals surface area (Å²) in [4.78, 5) is 0. The van der Waals surface area contributed by atoms with Crippen molar-refractivity contribution in [1.29, 1.82) is 0 Å². The van der Waals surface area contributed by atoms with E-state index in [-0.39, 0.29) is 10.8 Å². The van der Waals surface area contributed by atoms with Gasteiger partial charge in [0.15, 0.2) is 0 Å². The van der Waals surface area contributed by atoms with Crippen molar-refractivity contribution in [2.45, 2.75) is 19.6 Å². The van der Waals surface area contributed by atoms with E-state index in [1.165, 1.54) is 6.07 Å². The molecule has 0 spiro atoms. The van der Waals surface area contributed by atoms with E-state index < -0.39 is 0 Å². The molecule has 0 aliphatic heterocycles. The van der Waals surface area contributed by atoms with Crippen molar-refractivity contribution < 1.29 is 13.5 Å². The molecule has 0 radical (unpaired) electrons. The molecule has 1 aromatic heterocycles. The Balaban J connectivity index is 1.54. The summed E-state index contributed by atoms with van der Waals surface area (Å²) >= 11 is 5.71. The lowest BCUT2D eigenvalue weighted by Gasteiger charge is -2.06. The third-order valence-corrected chi connectivity index (χ3v) is 3.07. The van der Waals surface area contributed by atoms with Gasteiger partial charge in [0, 0.05) is 13.2 Å². The Kier molecular flexibility index (Phi) is 6.05. The number of ether oxygens (including phenoxy) is 1. The number of halogens is 2. The van der Waals surface area contributed by atoms with Gasteiger partial charge >= 0.3 is 0 Å². The van der Waals surface area contributed by atoms with Gasteiger partial charge in [0.1, 0.15) is 18.2 Å². The molecule has 0 aliphatic rings. The summed E-state index contributed by atoms with van der Waals surface area (Å²) in [6.07, 6.45) is 2.53. The molecule has 5 heteroatoms. The first-order valence-corrected chi connectivity index (χ1v) is 6.88. The second-order valence-electron chi connectivity index (χ2n) is 4.41. The molecule has 0 bridgehead atoms. The fourth-order valence-corrected chi connectivity index (χ4v) is 1.95. The second-order valence-corrected chi connectivity index (χ2v) is 4.82. The van der Waals surface area contributed by atoms with Crippen LogP contribution in [0.25, 0.3) is 0 Å². The van der Waals surface area contributed by atoms with E-state index in [9.17, 15) is 4.39 Å². The van der Waals surface area contributed by atoms with Crippen LogP contribution in [-0.2, 0) is 17.9 Å². The Bertz CT molecular complexity index is 517. The van der Waals surface area contributed by atoms with Crippen molar-refractivity contribution in [2.24, 2.45) is 0 Å². The summed E-state index contributed by atoms with van der Waals surface area (Å²) in [5.74, 6) is 0.445. The van der Waals surface area contributed by atoms with Crippen LogP contribution in [0.4, 0.5) is 4.39 Å². The van der Waals surface area contributed by atoms with Crippen molar-refractivity contribution >= 4 is 11.6 Å². The van der Waals surface area contributed by atoms with Crippen LogP contribution in [0, 0.1) is 5.82 Å². The Morgan fingerprint density at radius 3 is 2.95 bits per heavy atom. The summed E-state index contributed by atoms with van der Waals surface area (Å²) in [6, 6.07) is 8.47. The predicted molar refractivity (Wildman–Crippen MR) is 76.1 cm³/mol. The summed E-state index contributed by atoms with van der Waals surface area (Å²) in [6.45, 7) is 2.66. The zero-order valence-electron chi connectivity index (χ0n) is 11.1. The van der Waals surface area contributed by atoms with Gasteiger partial charge in [0.05, 0.1) is 11.3 Å². The third kappa shape index (κ3) is 4.96. The first kappa shape index (κ1) is 15.0. The maximum absolute atomic E-state index is 13.0. The van der Waals surface area contributed by atoms with E-state index in [1.807, 2.05) is 12.1 Å². The van der Waals surface area contributed by atoms with Crippen molar-refractivity contribution in [1.82, 2.24) is 5.32 Å². The molecule has 0 atom stereocenters. The maximum Gasteiger partial charge on any atom is 0.141 e. The molecule has 0 fully saturated rings. The fourth-order valence-electron chi connectivity index (χ4n) is 1.75. The Morgan fingerprint density at radius 1 is 1.30 bits per heavy atom. The standard InChI is InChI=1S/C15H17ClFNO2/c16-14-9-12(4-5-15(14)17)10-18-6-2-7-19-11-13-3-1-8-20-13/h1,3-5,8-9,18H,2,6-7,10-11H2. The molecule has 1 N–H and O–H groups in total. The lowest BCUT2D eigenvalue weighted by Crippen LogP contribution is -2.16. The molecular weight excluding hydrogens is 281 g/mol. The molecular formula is C15H17ClFNO2. The van der Waals surface area contributed by atoms with Crippen molar-refractivity contribution in [2.75, 3.05) is 13.2 Å². The molecule has 0 saturated heterocycles. The van der Waals surface area contributed by atoms with Gasteiger partial charge < -0.3 is 14.5 Å². The second kappa shape index (κ2) is 8.04. The van der Waals surface area contributed by atoms with Crippen LogP contribution in [0.15, 0.2) is 41.0 Å². The van der Waals surface area contributed by atoms with Gasteiger partial charge in [0.25, 0.3) is 0 Å². The zero-order chi connectivity index (χ0) is 14.2. The summed E-state index contributed by atoms with van der Waals surface area (Å²) in [5.41, 5.74) is 0.966. The molecule has 0 aliphatic carbocycles. The number of hydrogen-bond donors (Lipinski definition) is 1. The average Bonchev–Trinajstić information content (AvgIpc) is 2.95. The van der Waals surface area contributed by atoms with Crippen LogP contribution in [0.5, 0.6) is 0 Å². The largest absolute Gasteiger partial charge is 0.467 e. The summed E-state index contributed by atoms with van der Waals surface area (Å²) in [7, 11) is 0. The van der Waals surface area contributed by atoms with Crippen molar-refractivity contribution in [3.63, 3.8) is 0 Å². The molecule has 0 amide bonds. The predicted octanol–water partition coefficient (Wildman–Crippen LogP) is 3.77. The molecule has 0 saturated carbocycles. The third-order valence-electron chi connectivity index (χ3n) is 2.78. The lowest BCUT2D eigenvalue weighted by molar-refractivity contribution is 0.104. The van der Waals surface area contributed by atoms with Gasteiger partial charge in [-0.3, -0.25) is 0 Å². The number of hydrogen-bond acceptors (Lipinski definition) is 3. The molecule has 2 aromatic rings. The molecule has 108 valence electrons. The molecule has 2 rings (SSSR count). The van der Waals surface area contributed by atoms with E-state index in [4.69, 9.17) is 20.8 Å². The highest BCUT2D eigenvalue weighted by atomic mass is 35.5. The highest BCUT2D eigenvalue weighted by molar-refractivity contribution is 6.30. The van der Waals surface area contributed by atoms with Gasteiger partial charge in [-0.1, -0.05) is 17.7 Å². The smallest absolute Gasteiger partial charge is 0.141 e. The lowest BCUT2D eigenvalue weighted by atomic mass is 10.2. The fraction of sp³-hybridized carbons (Fsp3) is 0.333. The maximum atomic E-state index is 13.0. The van der Waals surface area contributed by atoms with Crippen molar-refractivity contribution in [3.05, 3.63) is 58.8 Å². The minimum absolute atomic E-state index is 0.158. The SMILES string of the molecule is Fc1ccc(CNCCCOCc2ccco2)cc1Cl. The van der Waals surface area contributed by atoms with Gasteiger partial charge in [-0.15, -0.1) is 0 Å². The van der Waals surface area contributed by atoms with Crippen LogP contribution in [0.2, 0.25) is 5.02 Å². The van der Waals surface area contributed by atoms with Crippen LogP contribution in [0.1, 0.15) is 17.7 Å². The van der Waals surface area contributed by atoms with Crippen molar-refractivity contribution in [3.8, 4) is 0 Å². The quantitative estimate of drug-likeness (QED) is 0.753. The molecule has 1 heterocycles. The van der Waals surface area contributed by atoms with E-state index in [0.29, 0.717) is 19.8 Å². The molecule has 3 nitrogen and oxygen atoms in total. The Hall–Kier alpha value is -1.36. The van der Waals surface area contributed by atoms with Gasteiger partial charge in [-0.25, -0.2) is 4.39 Å². The topological polar surface area (TPSA) is 34.4 Å². The van der Waals surface area contributed by atoms with E-state index >= 15 is 0 Å². The first-order chi connectivity index (χ1) is 9.75. The van der Waals surface area contributed by atoms with Gasteiger partial charge in [-0.05, 0) is 42.8 Å². The molecule has 0 unspecified atom stereocenters. The Morgan fingerprint density at radius 2 is 2.20 bits per heavy atom. The summed E-state index contributed by atoms with van der Waals surface area (Å²) < 4.78 is 23.6. The zero-order valence-corrected chi connectivity index (χ0v) is 11.8. The number of furan rings is 1. The minimum atomic E-state index is -0.387. The highest BCUT2D eigenvalue weighted by Gasteiger charge is 2.00. The van der Waals surface area contributed by atoms with E-state index in [0.717, 1.165) is 24.3 Å². The number of benzene rings is 1. The first-order valence-electron chi connectivity index (χ1n) is 6.50. The van der Waals surface area contributed by atoms with E-state index in [1.54, 1.807) is 18.4 Å². The number of nitrogens with one attached hydrogen (secondary N) is 1. The summed E-state index contributed by atoms with van der Waals surface area (Å²) in [5, 5.41) is 3.42. The van der Waals surface area contributed by atoms with Gasteiger partial charge in [0.2, 0.25) is 0 Å². The monoisotopic (exact) mass is 297 g/mol. The minimum Gasteiger partial charge on any atom is -0.467 e. The van der Waals surface area contributed by atoms with Crippen LogP contribution in [-0.4, -0.2) is 13.2 Å². The molecule has 1 aromatic carbocycles.